The Morgan fingerprint density at radius 2 is 1.50 bits per heavy atom. The Kier molecular flexibility index (Phi) is 16.4. The van der Waals surface area contributed by atoms with Gasteiger partial charge in [0.2, 0.25) is 5.91 Å². The maximum absolute atomic E-state index is 11.7. The van der Waals surface area contributed by atoms with Crippen LogP contribution in [0.4, 0.5) is 0 Å². The summed E-state index contributed by atoms with van der Waals surface area (Å²) >= 11 is 0. The van der Waals surface area contributed by atoms with Gasteiger partial charge in [-0.3, -0.25) is 4.79 Å². The Balaban J connectivity index is 3.19. The van der Waals surface area contributed by atoms with Gasteiger partial charge in [-0.1, -0.05) is 71.6 Å². The van der Waals surface area contributed by atoms with Gasteiger partial charge < -0.3 is 11.1 Å². The van der Waals surface area contributed by atoms with Gasteiger partial charge in [-0.25, -0.2) is 0 Å². The highest BCUT2D eigenvalue weighted by Crippen LogP contribution is 2.11. The molecule has 0 aromatic rings. The van der Waals surface area contributed by atoms with Gasteiger partial charge in [0, 0.05) is 13.0 Å². The Morgan fingerprint density at radius 3 is 2.09 bits per heavy atom. The van der Waals surface area contributed by atoms with Crippen molar-refractivity contribution >= 4 is 5.91 Å². The minimum Gasteiger partial charge on any atom is -0.356 e. The Hall–Kier alpha value is -0.570. The van der Waals surface area contributed by atoms with Crippen LogP contribution in [-0.2, 0) is 4.79 Å². The van der Waals surface area contributed by atoms with Gasteiger partial charge in [0.15, 0.2) is 0 Å². The zero-order valence-corrected chi connectivity index (χ0v) is 15.2. The van der Waals surface area contributed by atoms with Crippen LogP contribution in [0.1, 0.15) is 97.3 Å². The molecule has 0 spiro atoms. The third-order valence-electron chi connectivity index (χ3n) is 4.50. The molecule has 0 aromatic heterocycles. The second kappa shape index (κ2) is 16.8. The number of nitrogens with two attached hydrogens (primary N) is 1. The molecule has 3 heteroatoms. The third-order valence-corrected chi connectivity index (χ3v) is 4.50. The van der Waals surface area contributed by atoms with Crippen molar-refractivity contribution < 1.29 is 4.79 Å². The van der Waals surface area contributed by atoms with Crippen LogP contribution < -0.4 is 11.1 Å². The second-order valence-corrected chi connectivity index (χ2v) is 6.73. The van der Waals surface area contributed by atoms with Crippen LogP contribution in [0.5, 0.6) is 0 Å². The van der Waals surface area contributed by atoms with Crippen molar-refractivity contribution in [2.75, 3.05) is 13.1 Å². The number of rotatable bonds is 16. The number of carbonyl (C=O) groups excluding carboxylic acids is 1. The summed E-state index contributed by atoms with van der Waals surface area (Å²) in [7, 11) is 0. The Morgan fingerprint density at radius 1 is 0.909 bits per heavy atom. The van der Waals surface area contributed by atoms with Crippen LogP contribution in [0.25, 0.3) is 0 Å². The average molecular weight is 313 g/mol. The lowest BCUT2D eigenvalue weighted by molar-refractivity contribution is -0.121. The molecule has 0 saturated carbocycles. The van der Waals surface area contributed by atoms with Gasteiger partial charge in [0.05, 0.1) is 0 Å². The number of carbonyl (C=O) groups is 1. The summed E-state index contributed by atoms with van der Waals surface area (Å²) < 4.78 is 0. The normalized spacial score (nSPS) is 12.3. The maximum Gasteiger partial charge on any atom is 0.219 e. The summed E-state index contributed by atoms with van der Waals surface area (Å²) in [6.45, 7) is 6.23. The number of amides is 1. The lowest BCUT2D eigenvalue weighted by atomic mass is 10.0. The summed E-state index contributed by atoms with van der Waals surface area (Å²) in [4.78, 5) is 11.7. The van der Waals surface area contributed by atoms with Crippen LogP contribution in [-0.4, -0.2) is 19.0 Å². The Bertz CT molecular complexity index is 244. The molecular weight excluding hydrogens is 272 g/mol. The van der Waals surface area contributed by atoms with Gasteiger partial charge in [-0.15, -0.1) is 0 Å². The van der Waals surface area contributed by atoms with E-state index in [0.29, 0.717) is 6.42 Å². The number of hydrogen-bond acceptors (Lipinski definition) is 2. The fourth-order valence-corrected chi connectivity index (χ4v) is 2.63. The molecule has 132 valence electrons. The van der Waals surface area contributed by atoms with Gasteiger partial charge >= 0.3 is 0 Å². The molecule has 0 fully saturated rings. The molecule has 3 nitrogen and oxygen atoms in total. The van der Waals surface area contributed by atoms with E-state index in [1.165, 1.54) is 57.8 Å². The minimum atomic E-state index is 0.242. The first-order valence-corrected chi connectivity index (χ1v) is 9.67. The van der Waals surface area contributed by atoms with Crippen LogP contribution >= 0.6 is 0 Å². The molecule has 0 aliphatic heterocycles. The van der Waals surface area contributed by atoms with Gasteiger partial charge in [-0.2, -0.15) is 0 Å². The third kappa shape index (κ3) is 15.8. The first-order chi connectivity index (χ1) is 10.7. The highest BCUT2D eigenvalue weighted by molar-refractivity contribution is 5.75. The highest BCUT2D eigenvalue weighted by Gasteiger charge is 2.02. The zero-order valence-electron chi connectivity index (χ0n) is 15.2. The molecule has 0 rings (SSSR count). The van der Waals surface area contributed by atoms with Crippen LogP contribution in [0.15, 0.2) is 0 Å². The first kappa shape index (κ1) is 21.4. The molecular formula is C19H40N2O. The Labute approximate surface area is 138 Å². The quantitative estimate of drug-likeness (QED) is 0.403. The van der Waals surface area contributed by atoms with Crippen molar-refractivity contribution in [1.82, 2.24) is 5.32 Å². The number of unbranched alkanes of at least 4 members (excludes halogenated alkanes) is 8. The monoisotopic (exact) mass is 312 g/mol. The van der Waals surface area contributed by atoms with Crippen LogP contribution in [0.3, 0.4) is 0 Å². The molecule has 1 atom stereocenters. The van der Waals surface area contributed by atoms with Crippen molar-refractivity contribution in [3.63, 3.8) is 0 Å². The molecule has 22 heavy (non-hydrogen) atoms. The molecule has 0 heterocycles. The van der Waals surface area contributed by atoms with Gasteiger partial charge in [0.25, 0.3) is 0 Å². The predicted molar refractivity (Wildman–Crippen MR) is 96.9 cm³/mol. The molecule has 0 aromatic carbocycles. The van der Waals surface area contributed by atoms with E-state index in [0.717, 1.165) is 38.3 Å². The zero-order chi connectivity index (χ0) is 16.5. The largest absolute Gasteiger partial charge is 0.356 e. The molecule has 1 amide bonds. The molecule has 0 aliphatic rings. The van der Waals surface area contributed by atoms with Crippen molar-refractivity contribution in [2.45, 2.75) is 97.3 Å². The molecule has 0 radical (unpaired) electrons. The lowest BCUT2D eigenvalue weighted by Crippen LogP contribution is -2.24. The minimum absolute atomic E-state index is 0.242. The average Bonchev–Trinajstić information content (AvgIpc) is 2.52. The van der Waals surface area contributed by atoms with E-state index < -0.39 is 0 Å². The van der Waals surface area contributed by atoms with Crippen molar-refractivity contribution in [1.29, 1.82) is 0 Å². The van der Waals surface area contributed by atoms with E-state index in [1.807, 2.05) is 0 Å². The van der Waals surface area contributed by atoms with E-state index in [2.05, 4.69) is 19.2 Å². The second-order valence-electron chi connectivity index (χ2n) is 6.73. The summed E-state index contributed by atoms with van der Waals surface area (Å²) in [5.41, 5.74) is 5.47. The number of nitrogens with one attached hydrogen (secondary N) is 1. The van der Waals surface area contributed by atoms with E-state index in [-0.39, 0.29) is 5.91 Å². The van der Waals surface area contributed by atoms with Gasteiger partial charge in [-0.05, 0) is 31.7 Å². The maximum atomic E-state index is 11.7. The van der Waals surface area contributed by atoms with Crippen molar-refractivity contribution in [3.05, 3.63) is 0 Å². The standard InChI is InChI=1S/C19H40N2O/c1-3-18(2)14-11-13-17-21-19(22)15-10-8-6-4-5-7-9-12-16-20/h18H,3-17,20H2,1-2H3,(H,21,22). The smallest absolute Gasteiger partial charge is 0.219 e. The first-order valence-electron chi connectivity index (χ1n) is 9.67. The summed E-state index contributed by atoms with van der Waals surface area (Å²) in [6, 6.07) is 0. The molecule has 0 saturated heterocycles. The van der Waals surface area contributed by atoms with E-state index >= 15 is 0 Å². The molecule has 1 unspecified atom stereocenters. The fraction of sp³-hybridized carbons (Fsp3) is 0.947. The van der Waals surface area contributed by atoms with Crippen LogP contribution in [0.2, 0.25) is 0 Å². The summed E-state index contributed by atoms with van der Waals surface area (Å²) in [5, 5.41) is 3.05. The topological polar surface area (TPSA) is 55.1 Å². The van der Waals surface area contributed by atoms with E-state index in [4.69, 9.17) is 5.73 Å². The molecule has 0 aliphatic carbocycles. The number of hydrogen-bond donors (Lipinski definition) is 2. The highest BCUT2D eigenvalue weighted by atomic mass is 16.1. The van der Waals surface area contributed by atoms with Gasteiger partial charge in [0.1, 0.15) is 0 Å². The summed E-state index contributed by atoms with van der Waals surface area (Å²) in [5.74, 6) is 1.07. The van der Waals surface area contributed by atoms with Crippen molar-refractivity contribution in [2.24, 2.45) is 11.7 Å². The van der Waals surface area contributed by atoms with Crippen molar-refractivity contribution in [3.8, 4) is 0 Å². The summed E-state index contributed by atoms with van der Waals surface area (Å²) in [6.07, 6.45) is 15.5. The van der Waals surface area contributed by atoms with Crippen LogP contribution in [0, 0.1) is 5.92 Å². The lowest BCUT2D eigenvalue weighted by Gasteiger charge is -2.08. The van der Waals surface area contributed by atoms with E-state index in [1.54, 1.807) is 0 Å². The predicted octanol–water partition coefficient (Wildman–Crippen LogP) is 4.79. The van der Waals surface area contributed by atoms with E-state index in [9.17, 15) is 4.79 Å². The SMILES string of the molecule is CCC(C)CCCCNC(=O)CCCCCCCCCCN. The fourth-order valence-electron chi connectivity index (χ4n) is 2.63. The molecule has 3 N–H and O–H groups in total. The molecule has 0 bridgehead atoms.